The van der Waals surface area contributed by atoms with Crippen LogP contribution in [0.2, 0.25) is 0 Å². The largest absolute Gasteiger partial charge is 0.384 e. The summed E-state index contributed by atoms with van der Waals surface area (Å²) in [5, 5.41) is 0. The zero-order valence-corrected chi connectivity index (χ0v) is 9.94. The highest BCUT2D eigenvalue weighted by atomic mass is 16.5. The average Bonchev–Trinajstić information content (AvgIpc) is 3.03. The Hall–Kier alpha value is -1.16. The molecule has 1 aromatic rings. The molecule has 2 rings (SSSR count). The molecule has 1 saturated carbocycles. The normalized spacial score (nSPS) is 17.4. The standard InChI is InChI=1S/C12H19N3O/c1-3-4-9-7-10(13)15-12(14-9)11(16-2)8-5-6-8/h7-8,11H,3-6H2,1-2H3,(H2,13,14,15). The van der Waals surface area contributed by atoms with E-state index in [9.17, 15) is 0 Å². The van der Waals surface area contributed by atoms with Crippen LogP contribution >= 0.6 is 0 Å². The van der Waals surface area contributed by atoms with Gasteiger partial charge in [0.15, 0.2) is 5.82 Å². The van der Waals surface area contributed by atoms with Gasteiger partial charge < -0.3 is 10.5 Å². The Morgan fingerprint density at radius 2 is 2.25 bits per heavy atom. The predicted molar refractivity (Wildman–Crippen MR) is 62.9 cm³/mol. The minimum atomic E-state index is 0.0270. The van der Waals surface area contributed by atoms with Crippen LogP contribution in [0.5, 0.6) is 0 Å². The van der Waals surface area contributed by atoms with Crippen LogP contribution in [0.3, 0.4) is 0 Å². The van der Waals surface area contributed by atoms with Crippen LogP contribution in [-0.4, -0.2) is 17.1 Å². The molecule has 1 aliphatic rings. The van der Waals surface area contributed by atoms with E-state index < -0.39 is 0 Å². The molecule has 1 fully saturated rings. The van der Waals surface area contributed by atoms with Crippen LogP contribution in [-0.2, 0) is 11.2 Å². The van der Waals surface area contributed by atoms with Crippen molar-refractivity contribution in [1.29, 1.82) is 0 Å². The van der Waals surface area contributed by atoms with Gasteiger partial charge in [-0.05, 0) is 25.2 Å². The number of rotatable bonds is 5. The molecular weight excluding hydrogens is 202 g/mol. The lowest BCUT2D eigenvalue weighted by Gasteiger charge is -2.14. The van der Waals surface area contributed by atoms with Gasteiger partial charge in [-0.15, -0.1) is 0 Å². The van der Waals surface area contributed by atoms with Gasteiger partial charge in [0.05, 0.1) is 0 Å². The summed E-state index contributed by atoms with van der Waals surface area (Å²) >= 11 is 0. The monoisotopic (exact) mass is 221 g/mol. The van der Waals surface area contributed by atoms with Gasteiger partial charge in [0.1, 0.15) is 11.9 Å². The van der Waals surface area contributed by atoms with Crippen LogP contribution in [0.1, 0.15) is 43.8 Å². The molecule has 0 amide bonds. The number of anilines is 1. The summed E-state index contributed by atoms with van der Waals surface area (Å²) in [7, 11) is 1.72. The summed E-state index contributed by atoms with van der Waals surface area (Å²) < 4.78 is 5.47. The molecule has 1 aliphatic carbocycles. The number of nitrogens with two attached hydrogens (primary N) is 1. The van der Waals surface area contributed by atoms with E-state index in [0.717, 1.165) is 24.4 Å². The summed E-state index contributed by atoms with van der Waals surface area (Å²) in [6.07, 6.45) is 4.45. The molecule has 1 heterocycles. The summed E-state index contributed by atoms with van der Waals surface area (Å²) in [6.45, 7) is 2.13. The summed E-state index contributed by atoms with van der Waals surface area (Å²) in [5.74, 6) is 1.89. The Bertz CT molecular complexity index is 363. The van der Waals surface area contributed by atoms with Crippen LogP contribution < -0.4 is 5.73 Å². The lowest BCUT2D eigenvalue weighted by atomic mass is 10.2. The molecule has 0 aliphatic heterocycles. The van der Waals surface area contributed by atoms with Gasteiger partial charge in [0.25, 0.3) is 0 Å². The fraction of sp³-hybridized carbons (Fsp3) is 0.667. The number of hydrogen-bond donors (Lipinski definition) is 1. The van der Waals surface area contributed by atoms with Crippen molar-refractivity contribution in [3.8, 4) is 0 Å². The van der Waals surface area contributed by atoms with E-state index in [0.29, 0.717) is 11.7 Å². The van der Waals surface area contributed by atoms with E-state index in [1.807, 2.05) is 6.07 Å². The smallest absolute Gasteiger partial charge is 0.159 e. The summed E-state index contributed by atoms with van der Waals surface area (Å²) in [5.41, 5.74) is 6.82. The number of nitrogens with zero attached hydrogens (tertiary/aromatic N) is 2. The molecule has 2 N–H and O–H groups in total. The molecule has 1 unspecified atom stereocenters. The molecule has 1 aromatic heterocycles. The molecule has 0 aromatic carbocycles. The maximum atomic E-state index is 5.80. The molecule has 0 radical (unpaired) electrons. The number of methoxy groups -OCH3 is 1. The Morgan fingerprint density at radius 3 is 2.81 bits per heavy atom. The molecule has 1 atom stereocenters. The highest BCUT2D eigenvalue weighted by Gasteiger charge is 2.34. The Kier molecular flexibility index (Phi) is 3.39. The Balaban J connectivity index is 2.24. The zero-order chi connectivity index (χ0) is 11.5. The first-order valence-corrected chi connectivity index (χ1v) is 5.90. The van der Waals surface area contributed by atoms with Crippen LogP contribution in [0.25, 0.3) is 0 Å². The third-order valence-corrected chi connectivity index (χ3v) is 2.88. The van der Waals surface area contributed by atoms with Crippen molar-refractivity contribution in [3.05, 3.63) is 17.6 Å². The average molecular weight is 221 g/mol. The van der Waals surface area contributed by atoms with E-state index in [2.05, 4.69) is 16.9 Å². The lowest BCUT2D eigenvalue weighted by Crippen LogP contribution is -2.11. The predicted octanol–water partition coefficient (Wildman–Crippen LogP) is 2.11. The Morgan fingerprint density at radius 1 is 1.50 bits per heavy atom. The lowest BCUT2D eigenvalue weighted by molar-refractivity contribution is 0.0771. The molecule has 4 heteroatoms. The molecule has 88 valence electrons. The van der Waals surface area contributed by atoms with Gasteiger partial charge in [0.2, 0.25) is 0 Å². The highest BCUT2D eigenvalue weighted by Crippen LogP contribution is 2.41. The third-order valence-electron chi connectivity index (χ3n) is 2.88. The van der Waals surface area contributed by atoms with Crippen molar-refractivity contribution in [3.63, 3.8) is 0 Å². The van der Waals surface area contributed by atoms with Crippen LogP contribution in [0.4, 0.5) is 5.82 Å². The highest BCUT2D eigenvalue weighted by molar-refractivity contribution is 5.30. The maximum Gasteiger partial charge on any atom is 0.159 e. The number of aromatic nitrogens is 2. The van der Waals surface area contributed by atoms with Gasteiger partial charge >= 0.3 is 0 Å². The SMILES string of the molecule is CCCc1cc(N)nc(C(OC)C2CC2)n1. The number of aryl methyl sites for hydroxylation is 1. The molecular formula is C12H19N3O. The van der Waals surface area contributed by atoms with E-state index in [1.54, 1.807) is 7.11 Å². The van der Waals surface area contributed by atoms with E-state index in [-0.39, 0.29) is 6.10 Å². The first-order chi connectivity index (χ1) is 7.74. The van der Waals surface area contributed by atoms with E-state index in [4.69, 9.17) is 10.5 Å². The number of ether oxygens (including phenoxy) is 1. The first kappa shape index (κ1) is 11.3. The second kappa shape index (κ2) is 4.78. The molecule has 0 bridgehead atoms. The second-order valence-electron chi connectivity index (χ2n) is 4.39. The van der Waals surface area contributed by atoms with Crippen molar-refractivity contribution >= 4 is 5.82 Å². The van der Waals surface area contributed by atoms with Crippen molar-refractivity contribution in [2.24, 2.45) is 5.92 Å². The quantitative estimate of drug-likeness (QED) is 0.827. The zero-order valence-electron chi connectivity index (χ0n) is 9.94. The number of nitrogen functional groups attached to an aromatic ring is 1. The maximum absolute atomic E-state index is 5.80. The topological polar surface area (TPSA) is 61.0 Å². The Labute approximate surface area is 96.2 Å². The molecule has 4 nitrogen and oxygen atoms in total. The molecule has 0 saturated heterocycles. The van der Waals surface area contributed by atoms with Crippen LogP contribution in [0.15, 0.2) is 6.07 Å². The van der Waals surface area contributed by atoms with Crippen LogP contribution in [0, 0.1) is 5.92 Å². The van der Waals surface area contributed by atoms with Gasteiger partial charge in [0, 0.05) is 18.9 Å². The summed E-state index contributed by atoms with van der Waals surface area (Å²) in [4.78, 5) is 8.83. The van der Waals surface area contributed by atoms with Crippen molar-refractivity contribution < 1.29 is 4.74 Å². The van der Waals surface area contributed by atoms with Gasteiger partial charge in [-0.1, -0.05) is 13.3 Å². The third kappa shape index (κ3) is 2.50. The van der Waals surface area contributed by atoms with Crippen molar-refractivity contribution in [1.82, 2.24) is 9.97 Å². The van der Waals surface area contributed by atoms with Crippen molar-refractivity contribution in [2.75, 3.05) is 12.8 Å². The van der Waals surface area contributed by atoms with E-state index >= 15 is 0 Å². The summed E-state index contributed by atoms with van der Waals surface area (Å²) in [6, 6.07) is 1.85. The minimum Gasteiger partial charge on any atom is -0.384 e. The van der Waals surface area contributed by atoms with Crippen molar-refractivity contribution in [2.45, 2.75) is 38.7 Å². The minimum absolute atomic E-state index is 0.0270. The number of hydrogen-bond acceptors (Lipinski definition) is 4. The molecule has 16 heavy (non-hydrogen) atoms. The first-order valence-electron chi connectivity index (χ1n) is 5.90. The van der Waals surface area contributed by atoms with Gasteiger partial charge in [-0.25, -0.2) is 9.97 Å². The molecule has 0 spiro atoms. The van der Waals surface area contributed by atoms with E-state index in [1.165, 1.54) is 12.8 Å². The second-order valence-corrected chi connectivity index (χ2v) is 4.39. The fourth-order valence-corrected chi connectivity index (χ4v) is 1.96. The fourth-order valence-electron chi connectivity index (χ4n) is 1.96. The van der Waals surface area contributed by atoms with Gasteiger partial charge in [-0.2, -0.15) is 0 Å². The van der Waals surface area contributed by atoms with Gasteiger partial charge in [-0.3, -0.25) is 0 Å².